The van der Waals surface area contributed by atoms with Gasteiger partial charge in [-0.05, 0) is 6.92 Å². The summed E-state index contributed by atoms with van der Waals surface area (Å²) in [5.41, 5.74) is 0. The van der Waals surface area contributed by atoms with E-state index in [-0.39, 0.29) is 0 Å². The van der Waals surface area contributed by atoms with E-state index in [9.17, 15) is 0 Å². The lowest BCUT2D eigenvalue weighted by atomic mass is 10.4. The van der Waals surface area contributed by atoms with E-state index in [1.807, 2.05) is 6.92 Å². The number of aromatic nitrogens is 3. The zero-order chi connectivity index (χ0) is 11.4. The van der Waals surface area contributed by atoms with Crippen molar-refractivity contribution in [1.29, 1.82) is 0 Å². The Morgan fingerprint density at radius 2 is 2.25 bits per heavy atom. The average molecular weight is 242 g/mol. The molecule has 0 aromatic carbocycles. The summed E-state index contributed by atoms with van der Waals surface area (Å²) in [7, 11) is 1.77. The molecule has 1 N–H and O–H groups in total. The molecule has 0 aliphatic carbocycles. The number of rotatable bonds is 5. The second kappa shape index (κ2) is 5.31. The number of hydrogen-bond donors (Lipinski definition) is 1. The monoisotopic (exact) mass is 242 g/mol. The van der Waals surface area contributed by atoms with Gasteiger partial charge in [0.05, 0.1) is 25.1 Å². The fraction of sp³-hybridized carbons (Fsp3) is 0.667. The largest absolute Gasteiger partial charge is 0.464 e. The van der Waals surface area contributed by atoms with E-state index >= 15 is 0 Å². The number of thioether (sulfide) groups is 1. The van der Waals surface area contributed by atoms with Gasteiger partial charge in [0.15, 0.2) is 5.16 Å². The summed E-state index contributed by atoms with van der Waals surface area (Å²) in [5.74, 6) is 0.529. The third-order valence-corrected chi connectivity index (χ3v) is 2.97. The Kier molecular flexibility index (Phi) is 3.79. The van der Waals surface area contributed by atoms with Gasteiger partial charge in [0.1, 0.15) is 0 Å². The van der Waals surface area contributed by atoms with E-state index in [0.717, 1.165) is 13.2 Å². The minimum Gasteiger partial charge on any atom is -0.464 e. The fourth-order valence-electron chi connectivity index (χ4n) is 1.13. The van der Waals surface area contributed by atoms with E-state index in [4.69, 9.17) is 9.47 Å². The van der Waals surface area contributed by atoms with E-state index < -0.39 is 0 Å². The molecule has 1 fully saturated rings. The zero-order valence-corrected chi connectivity index (χ0v) is 10.1. The fourth-order valence-corrected chi connectivity index (χ4v) is 2.02. The van der Waals surface area contributed by atoms with Gasteiger partial charge in [0, 0.05) is 7.05 Å². The van der Waals surface area contributed by atoms with Crippen molar-refractivity contribution >= 4 is 17.7 Å². The first-order valence-electron chi connectivity index (χ1n) is 5.13. The van der Waals surface area contributed by atoms with Crippen LogP contribution in [0, 0.1) is 0 Å². The lowest BCUT2D eigenvalue weighted by Gasteiger charge is -2.24. The molecular formula is C9H14N4O2S. The highest BCUT2D eigenvalue weighted by Crippen LogP contribution is 2.26. The van der Waals surface area contributed by atoms with Crippen molar-refractivity contribution in [2.24, 2.45) is 0 Å². The molecule has 0 atom stereocenters. The number of hydrogen-bond acceptors (Lipinski definition) is 7. The Hall–Kier alpha value is -1.08. The van der Waals surface area contributed by atoms with E-state index in [2.05, 4.69) is 20.3 Å². The van der Waals surface area contributed by atoms with E-state index in [1.165, 1.54) is 0 Å². The van der Waals surface area contributed by atoms with Crippen molar-refractivity contribution in [3.63, 3.8) is 0 Å². The Labute approximate surface area is 98.2 Å². The Bertz CT molecular complexity index is 359. The Morgan fingerprint density at radius 3 is 2.81 bits per heavy atom. The molecule has 6 nitrogen and oxygen atoms in total. The third-order valence-electron chi connectivity index (χ3n) is 1.97. The van der Waals surface area contributed by atoms with Crippen molar-refractivity contribution in [2.75, 3.05) is 32.2 Å². The van der Waals surface area contributed by atoms with Gasteiger partial charge < -0.3 is 14.8 Å². The maximum Gasteiger partial charge on any atom is 0.322 e. The molecule has 7 heteroatoms. The van der Waals surface area contributed by atoms with Crippen LogP contribution in [0.5, 0.6) is 6.01 Å². The molecule has 2 rings (SSSR count). The van der Waals surface area contributed by atoms with Gasteiger partial charge in [-0.1, -0.05) is 11.8 Å². The second-order valence-electron chi connectivity index (χ2n) is 3.18. The van der Waals surface area contributed by atoms with Crippen LogP contribution in [0.1, 0.15) is 6.92 Å². The van der Waals surface area contributed by atoms with Gasteiger partial charge in [-0.25, -0.2) is 0 Å². The van der Waals surface area contributed by atoms with Crippen LogP contribution in [0.3, 0.4) is 0 Å². The molecule has 0 amide bonds. The minimum absolute atomic E-state index is 0.365. The molecule has 16 heavy (non-hydrogen) atoms. The van der Waals surface area contributed by atoms with Crippen molar-refractivity contribution in [3.05, 3.63) is 0 Å². The number of nitrogens with zero attached hydrogens (tertiary/aromatic N) is 3. The topological polar surface area (TPSA) is 69.2 Å². The zero-order valence-electron chi connectivity index (χ0n) is 9.27. The molecule has 1 aromatic rings. The Morgan fingerprint density at radius 1 is 1.44 bits per heavy atom. The van der Waals surface area contributed by atoms with Gasteiger partial charge in [0.25, 0.3) is 0 Å². The normalized spacial score (nSPS) is 15.6. The molecule has 0 bridgehead atoms. The van der Waals surface area contributed by atoms with Gasteiger partial charge in [0.2, 0.25) is 5.95 Å². The van der Waals surface area contributed by atoms with Crippen molar-refractivity contribution in [2.45, 2.75) is 17.3 Å². The highest BCUT2D eigenvalue weighted by atomic mass is 32.2. The first-order chi connectivity index (χ1) is 7.81. The van der Waals surface area contributed by atoms with Crippen molar-refractivity contribution in [1.82, 2.24) is 15.0 Å². The van der Waals surface area contributed by atoms with Gasteiger partial charge in [-0.15, -0.1) is 0 Å². The molecule has 1 saturated heterocycles. The summed E-state index contributed by atoms with van der Waals surface area (Å²) in [6, 6.07) is 0.365. The van der Waals surface area contributed by atoms with Gasteiger partial charge in [-0.2, -0.15) is 15.0 Å². The highest BCUT2D eigenvalue weighted by molar-refractivity contribution is 7.99. The van der Waals surface area contributed by atoms with Crippen LogP contribution in [0.25, 0.3) is 0 Å². The molecule has 2 heterocycles. The summed E-state index contributed by atoms with van der Waals surface area (Å²) >= 11 is 1.59. The summed E-state index contributed by atoms with van der Waals surface area (Å²) in [6.07, 6.45) is 0. The van der Waals surface area contributed by atoms with Gasteiger partial charge >= 0.3 is 6.01 Å². The van der Waals surface area contributed by atoms with Gasteiger partial charge in [-0.3, -0.25) is 0 Å². The highest BCUT2D eigenvalue weighted by Gasteiger charge is 2.21. The maximum atomic E-state index is 5.28. The predicted molar refractivity (Wildman–Crippen MR) is 61.0 cm³/mol. The number of nitrogens with one attached hydrogen (secondary N) is 1. The summed E-state index contributed by atoms with van der Waals surface area (Å²) in [4.78, 5) is 12.6. The first-order valence-corrected chi connectivity index (χ1v) is 6.00. The SMILES string of the molecule is CCOc1nc(NC)nc(SC2COC2)n1. The number of ether oxygens (including phenoxy) is 2. The summed E-state index contributed by atoms with van der Waals surface area (Å²) in [6.45, 7) is 3.96. The average Bonchev–Trinajstić information content (AvgIpc) is 2.24. The molecule has 1 aliphatic rings. The van der Waals surface area contributed by atoms with Crippen LogP contribution >= 0.6 is 11.8 Å². The van der Waals surface area contributed by atoms with E-state index in [1.54, 1.807) is 18.8 Å². The van der Waals surface area contributed by atoms with Crippen LogP contribution in [-0.2, 0) is 4.74 Å². The van der Waals surface area contributed by atoms with E-state index in [0.29, 0.717) is 29.0 Å². The molecule has 88 valence electrons. The van der Waals surface area contributed by atoms with Crippen LogP contribution in [0.15, 0.2) is 5.16 Å². The molecule has 1 aromatic heterocycles. The molecule has 1 aliphatic heterocycles. The lowest BCUT2D eigenvalue weighted by molar-refractivity contribution is 0.0454. The molecule has 0 spiro atoms. The maximum absolute atomic E-state index is 5.28. The smallest absolute Gasteiger partial charge is 0.322 e. The van der Waals surface area contributed by atoms with Crippen LogP contribution in [-0.4, -0.2) is 47.1 Å². The lowest BCUT2D eigenvalue weighted by Crippen LogP contribution is -2.30. The van der Waals surface area contributed by atoms with Crippen LogP contribution in [0.2, 0.25) is 0 Å². The van der Waals surface area contributed by atoms with Crippen LogP contribution < -0.4 is 10.1 Å². The molecule has 0 saturated carbocycles. The quantitative estimate of drug-likeness (QED) is 0.819. The summed E-state index contributed by atoms with van der Waals surface area (Å²) in [5, 5.41) is 4.01. The second-order valence-corrected chi connectivity index (χ2v) is 4.45. The molecule has 0 radical (unpaired) electrons. The van der Waals surface area contributed by atoms with Crippen molar-refractivity contribution in [3.8, 4) is 6.01 Å². The van der Waals surface area contributed by atoms with Crippen LogP contribution in [0.4, 0.5) is 5.95 Å². The molecular weight excluding hydrogens is 228 g/mol. The predicted octanol–water partition coefficient (Wildman–Crippen LogP) is 0.803. The summed E-state index contributed by atoms with van der Waals surface area (Å²) < 4.78 is 10.4. The molecule has 0 unspecified atom stereocenters. The van der Waals surface area contributed by atoms with Crippen molar-refractivity contribution < 1.29 is 9.47 Å². The first kappa shape index (κ1) is 11.4. The minimum atomic E-state index is 0.365. The third kappa shape index (κ3) is 2.73. The standard InChI is InChI=1S/C9H14N4O2S/c1-3-15-8-11-7(10-2)12-9(13-8)16-6-4-14-5-6/h6H,3-5H2,1-2H3,(H,10,11,12,13). The Balaban J connectivity index is 2.11. The number of anilines is 1.